The molecule has 9 heteroatoms. The van der Waals surface area contributed by atoms with E-state index in [1.165, 1.54) is 17.4 Å². The summed E-state index contributed by atoms with van der Waals surface area (Å²) >= 11 is 1.19. The number of hydrogen-bond donors (Lipinski definition) is 1. The lowest BCUT2D eigenvalue weighted by atomic mass is 10.0. The molecule has 4 aromatic rings. The first-order chi connectivity index (χ1) is 18.5. The van der Waals surface area contributed by atoms with Gasteiger partial charge in [0, 0.05) is 16.5 Å². The number of anilines is 1. The molecule has 0 aliphatic carbocycles. The maximum Gasteiger partial charge on any atom is 0.341 e. The zero-order chi connectivity index (χ0) is 26.5. The van der Waals surface area contributed by atoms with Crippen LogP contribution in [0.2, 0.25) is 0 Å². The summed E-state index contributed by atoms with van der Waals surface area (Å²) in [4.78, 5) is 39.6. The minimum absolute atomic E-state index is 0.0669. The highest BCUT2D eigenvalue weighted by Gasteiger charge is 2.30. The van der Waals surface area contributed by atoms with Crippen LogP contribution in [0.25, 0.3) is 11.1 Å². The third-order valence-corrected chi connectivity index (χ3v) is 6.66. The Morgan fingerprint density at radius 3 is 2.37 bits per heavy atom. The van der Waals surface area contributed by atoms with Gasteiger partial charge in [0.25, 0.3) is 5.91 Å². The summed E-state index contributed by atoms with van der Waals surface area (Å²) in [6.07, 6.45) is -1.29. The Balaban J connectivity index is 1.45. The van der Waals surface area contributed by atoms with Gasteiger partial charge in [-0.15, -0.1) is 11.3 Å². The zero-order valence-electron chi connectivity index (χ0n) is 20.3. The molecule has 0 spiro atoms. The smallest absolute Gasteiger partial charge is 0.341 e. The van der Waals surface area contributed by atoms with E-state index in [9.17, 15) is 14.4 Å². The molecule has 1 N–H and O–H groups in total. The highest BCUT2D eigenvalue weighted by atomic mass is 32.1. The fourth-order valence-electron chi connectivity index (χ4n) is 3.96. The van der Waals surface area contributed by atoms with Crippen molar-refractivity contribution in [3.8, 4) is 22.6 Å². The van der Waals surface area contributed by atoms with Crippen LogP contribution in [0.3, 0.4) is 0 Å². The molecule has 0 bridgehead atoms. The fraction of sp³-hybridized carbons (Fsp3) is 0.138. The molecule has 1 aliphatic rings. The Kier molecular flexibility index (Phi) is 7.37. The molecule has 38 heavy (non-hydrogen) atoms. The van der Waals surface area contributed by atoms with Gasteiger partial charge in [-0.25, -0.2) is 9.59 Å². The van der Waals surface area contributed by atoms with Gasteiger partial charge in [0.05, 0.1) is 12.2 Å². The molecule has 1 atom stereocenters. The normalized spacial score (nSPS) is 12.4. The van der Waals surface area contributed by atoms with Crippen LogP contribution in [-0.2, 0) is 14.3 Å². The first-order valence-corrected chi connectivity index (χ1v) is 12.7. The highest BCUT2D eigenvalue weighted by molar-refractivity contribution is 7.15. The number of rotatable bonds is 8. The number of fused-ring (bicyclic) bond motifs is 1. The van der Waals surface area contributed by atoms with Crippen molar-refractivity contribution in [1.29, 1.82) is 0 Å². The molecule has 0 fully saturated rings. The van der Waals surface area contributed by atoms with Crippen molar-refractivity contribution < 1.29 is 33.3 Å². The summed E-state index contributed by atoms with van der Waals surface area (Å²) in [5, 5.41) is 4.88. The van der Waals surface area contributed by atoms with Crippen molar-refractivity contribution in [2.45, 2.75) is 13.0 Å². The van der Waals surface area contributed by atoms with E-state index < -0.39 is 23.9 Å². The van der Waals surface area contributed by atoms with Crippen molar-refractivity contribution in [3.63, 3.8) is 0 Å². The predicted molar refractivity (Wildman–Crippen MR) is 142 cm³/mol. The minimum atomic E-state index is -1.29. The topological polar surface area (TPSA) is 100 Å². The lowest BCUT2D eigenvalue weighted by Crippen LogP contribution is -2.26. The van der Waals surface area contributed by atoms with Crippen LogP contribution >= 0.6 is 11.3 Å². The molecule has 1 aliphatic heterocycles. The molecule has 0 unspecified atom stereocenters. The van der Waals surface area contributed by atoms with Crippen LogP contribution in [-0.4, -0.2) is 31.2 Å². The van der Waals surface area contributed by atoms with Crippen molar-refractivity contribution in [1.82, 2.24) is 0 Å². The number of ether oxygens (including phenoxy) is 4. The summed E-state index contributed by atoms with van der Waals surface area (Å²) in [5.41, 5.74) is 2.36. The molecule has 0 saturated heterocycles. The Morgan fingerprint density at radius 1 is 0.921 bits per heavy atom. The van der Waals surface area contributed by atoms with Crippen molar-refractivity contribution in [2.75, 3.05) is 18.7 Å². The maximum atomic E-state index is 13.6. The van der Waals surface area contributed by atoms with Crippen molar-refractivity contribution in [3.05, 3.63) is 101 Å². The van der Waals surface area contributed by atoms with Gasteiger partial charge in [-0.2, -0.15) is 0 Å². The van der Waals surface area contributed by atoms with E-state index >= 15 is 0 Å². The summed E-state index contributed by atoms with van der Waals surface area (Å²) in [5.74, 6) is -0.938. The number of amides is 1. The Hall–Kier alpha value is -4.63. The molecule has 1 aromatic heterocycles. The van der Waals surface area contributed by atoms with Gasteiger partial charge in [0.15, 0.2) is 11.5 Å². The number of benzene rings is 3. The first-order valence-electron chi connectivity index (χ1n) is 11.9. The monoisotopic (exact) mass is 529 g/mol. The van der Waals surface area contributed by atoms with E-state index in [-0.39, 0.29) is 24.5 Å². The van der Waals surface area contributed by atoms with Crippen molar-refractivity contribution in [2.24, 2.45) is 0 Å². The predicted octanol–water partition coefficient (Wildman–Crippen LogP) is 5.86. The summed E-state index contributed by atoms with van der Waals surface area (Å²) in [6, 6.07) is 22.7. The molecular formula is C29H23NO7S. The lowest BCUT2D eigenvalue weighted by Gasteiger charge is -2.18. The number of hydrogen-bond acceptors (Lipinski definition) is 8. The standard InChI is InChI=1S/C29H23NO7S/c1-2-34-29(33)24-21(18-9-5-3-6-10-18)16-38-27(24)30-26(31)25(19-11-7-4-8-12-19)37-28(32)20-13-14-22-23(15-20)36-17-35-22/h3-16,25H,2,17H2,1H3,(H,30,31)/t25-/m0/s1. The molecule has 192 valence electrons. The molecule has 8 nitrogen and oxygen atoms in total. The van der Waals surface area contributed by atoms with Gasteiger partial charge in [0.1, 0.15) is 10.6 Å². The maximum absolute atomic E-state index is 13.6. The molecule has 5 rings (SSSR count). The Labute approximate surface area is 222 Å². The fourth-order valence-corrected chi connectivity index (χ4v) is 4.92. The molecule has 0 saturated carbocycles. The second-order valence-electron chi connectivity index (χ2n) is 8.19. The molecular weight excluding hydrogens is 506 g/mol. The van der Waals surface area contributed by atoms with E-state index in [2.05, 4.69) is 5.32 Å². The summed E-state index contributed by atoms with van der Waals surface area (Å²) in [7, 11) is 0. The molecule has 3 aromatic carbocycles. The van der Waals surface area contributed by atoms with Crippen LogP contribution in [0.1, 0.15) is 39.3 Å². The number of nitrogens with one attached hydrogen (secondary N) is 1. The minimum Gasteiger partial charge on any atom is -0.462 e. The lowest BCUT2D eigenvalue weighted by molar-refractivity contribution is -0.125. The summed E-state index contributed by atoms with van der Waals surface area (Å²) in [6.45, 7) is 1.96. The molecule has 0 radical (unpaired) electrons. The quantitative estimate of drug-likeness (QED) is 0.286. The van der Waals surface area contributed by atoms with Gasteiger partial charge < -0.3 is 24.3 Å². The Morgan fingerprint density at radius 2 is 1.63 bits per heavy atom. The third-order valence-electron chi connectivity index (χ3n) is 5.77. The summed E-state index contributed by atoms with van der Waals surface area (Å²) < 4.78 is 21.6. The average Bonchev–Trinajstić information content (AvgIpc) is 3.59. The van der Waals surface area contributed by atoms with Gasteiger partial charge in [-0.05, 0) is 30.7 Å². The first kappa shape index (κ1) is 25.0. The van der Waals surface area contributed by atoms with E-state index in [4.69, 9.17) is 18.9 Å². The van der Waals surface area contributed by atoms with Gasteiger partial charge in [-0.3, -0.25) is 4.79 Å². The number of carbonyl (C=O) groups is 3. The van der Waals surface area contributed by atoms with E-state index in [0.29, 0.717) is 27.6 Å². The van der Waals surface area contributed by atoms with Crippen LogP contribution in [0.4, 0.5) is 5.00 Å². The Bertz CT molecular complexity index is 1470. The highest BCUT2D eigenvalue weighted by Crippen LogP contribution is 2.37. The second kappa shape index (κ2) is 11.2. The van der Waals surface area contributed by atoms with Crippen LogP contribution in [0.5, 0.6) is 11.5 Å². The molecule has 1 amide bonds. The van der Waals surface area contributed by atoms with Crippen LogP contribution < -0.4 is 14.8 Å². The third kappa shape index (κ3) is 5.23. The SMILES string of the molecule is CCOC(=O)c1c(-c2ccccc2)csc1NC(=O)[C@@H](OC(=O)c1ccc2c(c1)OCO2)c1ccccc1. The van der Waals surface area contributed by atoms with E-state index in [0.717, 1.165) is 5.56 Å². The van der Waals surface area contributed by atoms with Crippen molar-refractivity contribution >= 4 is 34.2 Å². The van der Waals surface area contributed by atoms with Crippen LogP contribution in [0, 0.1) is 0 Å². The zero-order valence-corrected chi connectivity index (χ0v) is 21.2. The second-order valence-corrected chi connectivity index (χ2v) is 9.07. The van der Waals surface area contributed by atoms with Crippen LogP contribution in [0.15, 0.2) is 84.2 Å². The van der Waals surface area contributed by atoms with E-state index in [1.807, 2.05) is 30.3 Å². The average molecular weight is 530 g/mol. The number of esters is 2. The largest absolute Gasteiger partial charge is 0.462 e. The molecule has 2 heterocycles. The number of thiophene rings is 1. The van der Waals surface area contributed by atoms with E-state index in [1.54, 1.807) is 54.8 Å². The number of carbonyl (C=O) groups excluding carboxylic acids is 3. The van der Waals surface area contributed by atoms with Gasteiger partial charge >= 0.3 is 11.9 Å². The van der Waals surface area contributed by atoms with Gasteiger partial charge in [0.2, 0.25) is 12.9 Å². The van der Waals surface area contributed by atoms with Gasteiger partial charge in [-0.1, -0.05) is 60.7 Å².